The van der Waals surface area contributed by atoms with Gasteiger partial charge in [-0.3, -0.25) is 0 Å². The Hall–Kier alpha value is -1.32. The van der Waals surface area contributed by atoms with Gasteiger partial charge >= 0.3 is 0 Å². The topological polar surface area (TPSA) is 38.7 Å². The lowest BCUT2D eigenvalue weighted by atomic mass is 10.2. The van der Waals surface area contributed by atoms with Crippen LogP contribution in [0.4, 0.5) is 0 Å². The van der Waals surface area contributed by atoms with E-state index in [1.807, 2.05) is 24.3 Å². The molecule has 0 heterocycles. The van der Waals surface area contributed by atoms with Crippen LogP contribution >= 0.6 is 0 Å². The van der Waals surface area contributed by atoms with Crippen molar-refractivity contribution in [2.24, 2.45) is 0 Å². The maximum Gasteiger partial charge on any atom is 0.118 e. The van der Waals surface area contributed by atoms with E-state index in [1.54, 1.807) is 19.3 Å². The molecule has 1 aromatic carbocycles. The van der Waals surface area contributed by atoms with Crippen molar-refractivity contribution in [2.45, 2.75) is 6.61 Å². The number of aliphatic hydroxyl groups is 1. The lowest BCUT2D eigenvalue weighted by Gasteiger charge is -2.03. The monoisotopic (exact) mass is 208 g/mol. The summed E-state index contributed by atoms with van der Waals surface area (Å²) in [6, 6.07) is 7.74. The van der Waals surface area contributed by atoms with Crippen LogP contribution in [0.3, 0.4) is 0 Å². The van der Waals surface area contributed by atoms with E-state index in [9.17, 15) is 0 Å². The molecular weight excluding hydrogens is 192 g/mol. The van der Waals surface area contributed by atoms with E-state index in [-0.39, 0.29) is 6.61 Å². The van der Waals surface area contributed by atoms with Crippen molar-refractivity contribution in [3.63, 3.8) is 0 Å². The zero-order valence-electron chi connectivity index (χ0n) is 8.85. The highest BCUT2D eigenvalue weighted by atomic mass is 16.5. The van der Waals surface area contributed by atoms with Crippen LogP contribution in [0.5, 0.6) is 5.75 Å². The average molecular weight is 208 g/mol. The van der Waals surface area contributed by atoms with Crippen molar-refractivity contribution in [3.05, 3.63) is 42.0 Å². The Bertz CT molecular complexity index is 290. The fraction of sp³-hybridized carbons (Fsp3) is 0.333. The zero-order valence-corrected chi connectivity index (χ0v) is 8.85. The van der Waals surface area contributed by atoms with Crippen LogP contribution in [0.25, 0.3) is 0 Å². The van der Waals surface area contributed by atoms with Gasteiger partial charge in [0.25, 0.3) is 0 Å². The number of ether oxygens (including phenoxy) is 2. The first-order valence-electron chi connectivity index (χ1n) is 4.83. The Balaban J connectivity index is 2.28. The maximum atomic E-state index is 8.48. The van der Waals surface area contributed by atoms with Crippen LogP contribution in [-0.2, 0) is 11.3 Å². The predicted octanol–water partition coefficient (Wildman–Crippen LogP) is 1.76. The molecule has 0 aromatic heterocycles. The van der Waals surface area contributed by atoms with Gasteiger partial charge in [0.1, 0.15) is 5.75 Å². The SMILES string of the molecule is COc1ccc(COC/C=C\CO)cc1. The third-order valence-corrected chi connectivity index (χ3v) is 1.91. The van der Waals surface area contributed by atoms with Gasteiger partial charge in [-0.2, -0.15) is 0 Å². The summed E-state index contributed by atoms with van der Waals surface area (Å²) in [4.78, 5) is 0. The molecule has 1 aromatic rings. The first-order valence-corrected chi connectivity index (χ1v) is 4.83. The van der Waals surface area contributed by atoms with Gasteiger partial charge in [-0.15, -0.1) is 0 Å². The fourth-order valence-corrected chi connectivity index (χ4v) is 1.11. The summed E-state index contributed by atoms with van der Waals surface area (Å²) in [5, 5.41) is 8.48. The summed E-state index contributed by atoms with van der Waals surface area (Å²) in [6.07, 6.45) is 3.46. The van der Waals surface area contributed by atoms with Crippen LogP contribution in [-0.4, -0.2) is 25.4 Å². The number of rotatable bonds is 6. The molecule has 0 bridgehead atoms. The summed E-state index contributed by atoms with van der Waals surface area (Å²) >= 11 is 0. The minimum atomic E-state index is 0.0614. The molecule has 1 rings (SSSR count). The van der Waals surface area contributed by atoms with Crippen LogP contribution in [0.1, 0.15) is 5.56 Å². The highest BCUT2D eigenvalue weighted by molar-refractivity contribution is 5.26. The molecule has 0 amide bonds. The summed E-state index contributed by atoms with van der Waals surface area (Å²) < 4.78 is 10.4. The number of hydrogen-bond acceptors (Lipinski definition) is 3. The van der Waals surface area contributed by atoms with Crippen LogP contribution in [0, 0.1) is 0 Å². The number of benzene rings is 1. The van der Waals surface area contributed by atoms with Crippen LogP contribution < -0.4 is 4.74 Å². The van der Waals surface area contributed by atoms with E-state index < -0.39 is 0 Å². The Morgan fingerprint density at radius 2 is 1.93 bits per heavy atom. The molecule has 82 valence electrons. The van der Waals surface area contributed by atoms with Gasteiger partial charge in [0, 0.05) is 0 Å². The van der Waals surface area contributed by atoms with Crippen molar-refractivity contribution in [2.75, 3.05) is 20.3 Å². The molecule has 0 saturated heterocycles. The molecule has 0 aliphatic heterocycles. The average Bonchev–Trinajstić information content (AvgIpc) is 2.30. The molecule has 0 atom stereocenters. The molecule has 0 saturated carbocycles. The lowest BCUT2D eigenvalue weighted by molar-refractivity contribution is 0.148. The third-order valence-electron chi connectivity index (χ3n) is 1.91. The van der Waals surface area contributed by atoms with Crippen molar-refractivity contribution in [1.82, 2.24) is 0 Å². The molecular formula is C12H16O3. The number of aliphatic hydroxyl groups excluding tert-OH is 1. The van der Waals surface area contributed by atoms with Gasteiger partial charge in [0.05, 0.1) is 26.9 Å². The summed E-state index contributed by atoms with van der Waals surface area (Å²) in [5.74, 6) is 0.846. The van der Waals surface area contributed by atoms with Gasteiger partial charge in [-0.05, 0) is 17.7 Å². The van der Waals surface area contributed by atoms with Crippen LogP contribution in [0.2, 0.25) is 0 Å². The summed E-state index contributed by atoms with van der Waals surface area (Å²) in [7, 11) is 1.64. The molecule has 1 N–H and O–H groups in total. The largest absolute Gasteiger partial charge is 0.497 e. The molecule has 0 spiro atoms. The summed E-state index contributed by atoms with van der Waals surface area (Å²) in [5.41, 5.74) is 1.10. The normalized spacial score (nSPS) is 10.8. The van der Waals surface area contributed by atoms with Gasteiger partial charge in [-0.1, -0.05) is 24.3 Å². The van der Waals surface area contributed by atoms with Gasteiger partial charge in [0.2, 0.25) is 0 Å². The lowest BCUT2D eigenvalue weighted by Crippen LogP contribution is -1.93. The molecule has 0 aliphatic carbocycles. The highest BCUT2D eigenvalue weighted by Gasteiger charge is 1.93. The zero-order chi connectivity index (χ0) is 10.9. The standard InChI is InChI=1S/C12H16O3/c1-14-12-6-4-11(5-7-12)10-15-9-3-2-8-13/h2-7,13H,8-10H2,1H3/b3-2-. The van der Waals surface area contributed by atoms with Gasteiger partial charge in [0.15, 0.2) is 0 Å². The van der Waals surface area contributed by atoms with Crippen molar-refractivity contribution < 1.29 is 14.6 Å². The highest BCUT2D eigenvalue weighted by Crippen LogP contribution is 2.11. The molecule has 0 unspecified atom stereocenters. The quantitative estimate of drug-likeness (QED) is 0.572. The van der Waals surface area contributed by atoms with Crippen molar-refractivity contribution >= 4 is 0 Å². The minimum absolute atomic E-state index is 0.0614. The second-order valence-electron chi connectivity index (χ2n) is 3.02. The maximum absolute atomic E-state index is 8.48. The Labute approximate surface area is 90.0 Å². The van der Waals surface area contributed by atoms with E-state index in [0.29, 0.717) is 13.2 Å². The van der Waals surface area contributed by atoms with E-state index in [4.69, 9.17) is 14.6 Å². The van der Waals surface area contributed by atoms with Gasteiger partial charge < -0.3 is 14.6 Å². The van der Waals surface area contributed by atoms with Crippen LogP contribution in [0.15, 0.2) is 36.4 Å². The number of methoxy groups -OCH3 is 1. The molecule has 15 heavy (non-hydrogen) atoms. The van der Waals surface area contributed by atoms with E-state index in [2.05, 4.69) is 0 Å². The fourth-order valence-electron chi connectivity index (χ4n) is 1.11. The van der Waals surface area contributed by atoms with E-state index >= 15 is 0 Å². The molecule has 0 fully saturated rings. The smallest absolute Gasteiger partial charge is 0.118 e. The molecule has 3 heteroatoms. The van der Waals surface area contributed by atoms with E-state index in [1.165, 1.54) is 0 Å². The second kappa shape index (κ2) is 7.04. The molecule has 3 nitrogen and oxygen atoms in total. The van der Waals surface area contributed by atoms with Crippen molar-refractivity contribution in [3.8, 4) is 5.75 Å². The Morgan fingerprint density at radius 1 is 1.20 bits per heavy atom. The third kappa shape index (κ3) is 4.63. The number of hydrogen-bond donors (Lipinski definition) is 1. The minimum Gasteiger partial charge on any atom is -0.497 e. The van der Waals surface area contributed by atoms with E-state index in [0.717, 1.165) is 11.3 Å². The Kier molecular flexibility index (Phi) is 5.51. The molecule has 0 radical (unpaired) electrons. The first-order chi connectivity index (χ1) is 7.36. The van der Waals surface area contributed by atoms with Crippen molar-refractivity contribution in [1.29, 1.82) is 0 Å². The Morgan fingerprint density at radius 3 is 2.53 bits per heavy atom. The van der Waals surface area contributed by atoms with Gasteiger partial charge in [-0.25, -0.2) is 0 Å². The second-order valence-corrected chi connectivity index (χ2v) is 3.02. The molecule has 0 aliphatic rings. The first kappa shape index (κ1) is 11.8. The summed E-state index contributed by atoms with van der Waals surface area (Å²) in [6.45, 7) is 1.15. The predicted molar refractivity (Wildman–Crippen MR) is 58.9 cm³/mol.